The number of anilines is 1. The van der Waals surface area contributed by atoms with E-state index in [0.717, 1.165) is 17.9 Å². The Hall–Kier alpha value is -1.94. The summed E-state index contributed by atoms with van der Waals surface area (Å²) in [5, 5.41) is 2.84. The number of hydrogen-bond donors (Lipinski definition) is 2. The Morgan fingerprint density at radius 1 is 1.15 bits per heavy atom. The van der Waals surface area contributed by atoms with E-state index in [2.05, 4.69) is 24.9 Å². The summed E-state index contributed by atoms with van der Waals surface area (Å²) in [5.74, 6) is 0.636. The average molecular weight is 287 g/mol. The first-order chi connectivity index (χ1) is 9.70. The maximum Gasteiger partial charge on any atom is 0.256 e. The van der Waals surface area contributed by atoms with E-state index in [9.17, 15) is 4.79 Å². The number of amides is 1. The van der Waals surface area contributed by atoms with Gasteiger partial charge in [-0.05, 0) is 42.8 Å². The second-order valence-corrected chi connectivity index (χ2v) is 4.83. The Morgan fingerprint density at radius 3 is 2.50 bits per heavy atom. The molecule has 104 valence electrons. The molecule has 0 saturated carbocycles. The molecule has 0 atom stereocenters. The van der Waals surface area contributed by atoms with Gasteiger partial charge in [0.25, 0.3) is 5.91 Å². The molecule has 4 heteroatoms. The summed E-state index contributed by atoms with van der Waals surface area (Å²) < 4.78 is 5.49. The summed E-state index contributed by atoms with van der Waals surface area (Å²) in [5.41, 5.74) is 1.29. The summed E-state index contributed by atoms with van der Waals surface area (Å²) in [6, 6.07) is 14.5. The second-order valence-electron chi connectivity index (χ2n) is 4.34. The molecular weight excluding hydrogens is 270 g/mol. The fraction of sp³-hybridized carbons (Fsp3) is 0.188. The molecule has 0 aliphatic carbocycles. The van der Waals surface area contributed by atoms with Crippen molar-refractivity contribution >= 4 is 24.2 Å². The third-order valence-electron chi connectivity index (χ3n) is 2.73. The van der Waals surface area contributed by atoms with Crippen LogP contribution < -0.4 is 10.1 Å². The zero-order chi connectivity index (χ0) is 14.4. The van der Waals surface area contributed by atoms with Gasteiger partial charge in [0.05, 0.1) is 12.2 Å². The number of hydrogen-bond acceptors (Lipinski definition) is 3. The van der Waals surface area contributed by atoms with E-state index in [0.29, 0.717) is 17.1 Å². The molecular formula is C16H17NO2S. The second kappa shape index (κ2) is 7.01. The van der Waals surface area contributed by atoms with Gasteiger partial charge < -0.3 is 10.1 Å². The molecule has 2 aromatic carbocycles. The van der Waals surface area contributed by atoms with Crippen molar-refractivity contribution in [3.63, 3.8) is 0 Å². The number of rotatable bonds is 5. The normalized spacial score (nSPS) is 10.1. The standard InChI is InChI=1S/C16H17NO2S/c1-2-11-19-13-9-7-12(8-10-13)17-16(18)14-5-3-4-6-15(14)20/h3-10,20H,2,11H2,1H3,(H,17,18). The van der Waals surface area contributed by atoms with E-state index in [1.54, 1.807) is 12.1 Å². The van der Waals surface area contributed by atoms with Crippen LogP contribution in [0.1, 0.15) is 23.7 Å². The number of nitrogens with one attached hydrogen (secondary N) is 1. The fourth-order valence-corrected chi connectivity index (χ4v) is 1.98. The van der Waals surface area contributed by atoms with Crippen LogP contribution in [0.2, 0.25) is 0 Å². The molecule has 20 heavy (non-hydrogen) atoms. The molecule has 0 radical (unpaired) electrons. The minimum atomic E-state index is -0.169. The van der Waals surface area contributed by atoms with Gasteiger partial charge in [-0.25, -0.2) is 0 Å². The van der Waals surface area contributed by atoms with Crippen LogP contribution in [-0.2, 0) is 0 Å². The lowest BCUT2D eigenvalue weighted by atomic mass is 10.2. The molecule has 0 spiro atoms. The maximum absolute atomic E-state index is 12.1. The number of carbonyl (C=O) groups is 1. The Balaban J connectivity index is 2.03. The van der Waals surface area contributed by atoms with E-state index in [1.807, 2.05) is 36.4 Å². The largest absolute Gasteiger partial charge is 0.494 e. The van der Waals surface area contributed by atoms with Crippen LogP contribution in [0, 0.1) is 0 Å². The monoisotopic (exact) mass is 287 g/mol. The van der Waals surface area contributed by atoms with E-state index in [-0.39, 0.29) is 5.91 Å². The first kappa shape index (κ1) is 14.5. The van der Waals surface area contributed by atoms with Gasteiger partial charge in [-0.15, -0.1) is 12.6 Å². The van der Waals surface area contributed by atoms with Gasteiger partial charge in [0.15, 0.2) is 0 Å². The molecule has 0 saturated heterocycles. The van der Waals surface area contributed by atoms with Gasteiger partial charge >= 0.3 is 0 Å². The molecule has 0 fully saturated rings. The van der Waals surface area contributed by atoms with Crippen LogP contribution in [0.4, 0.5) is 5.69 Å². The van der Waals surface area contributed by atoms with E-state index in [4.69, 9.17) is 4.74 Å². The highest BCUT2D eigenvalue weighted by molar-refractivity contribution is 7.80. The Kier molecular flexibility index (Phi) is 5.07. The highest BCUT2D eigenvalue weighted by Gasteiger charge is 2.08. The lowest BCUT2D eigenvalue weighted by Gasteiger charge is -2.08. The maximum atomic E-state index is 12.1. The van der Waals surface area contributed by atoms with Crippen LogP contribution in [0.3, 0.4) is 0 Å². The third-order valence-corrected chi connectivity index (χ3v) is 3.12. The van der Waals surface area contributed by atoms with Crippen LogP contribution in [-0.4, -0.2) is 12.5 Å². The lowest BCUT2D eigenvalue weighted by Crippen LogP contribution is -2.12. The molecule has 0 bridgehead atoms. The van der Waals surface area contributed by atoms with Crippen molar-refractivity contribution in [2.24, 2.45) is 0 Å². The van der Waals surface area contributed by atoms with Crippen LogP contribution in [0.25, 0.3) is 0 Å². The lowest BCUT2D eigenvalue weighted by molar-refractivity contribution is 0.102. The number of benzene rings is 2. The third kappa shape index (κ3) is 3.78. The quantitative estimate of drug-likeness (QED) is 0.815. The molecule has 2 rings (SSSR count). The zero-order valence-corrected chi connectivity index (χ0v) is 12.2. The molecule has 2 aromatic rings. The highest BCUT2D eigenvalue weighted by atomic mass is 32.1. The van der Waals surface area contributed by atoms with Crippen molar-refractivity contribution < 1.29 is 9.53 Å². The van der Waals surface area contributed by atoms with Gasteiger partial charge in [-0.1, -0.05) is 19.1 Å². The zero-order valence-electron chi connectivity index (χ0n) is 11.3. The molecule has 0 aliphatic heterocycles. The molecule has 0 aromatic heterocycles. The van der Waals surface area contributed by atoms with Gasteiger partial charge in [0.1, 0.15) is 5.75 Å². The van der Waals surface area contributed by atoms with Crippen LogP contribution >= 0.6 is 12.6 Å². The predicted molar refractivity (Wildman–Crippen MR) is 83.9 cm³/mol. The number of carbonyl (C=O) groups excluding carboxylic acids is 1. The first-order valence-electron chi connectivity index (χ1n) is 6.53. The van der Waals surface area contributed by atoms with Crippen LogP contribution in [0.15, 0.2) is 53.4 Å². The summed E-state index contributed by atoms with van der Waals surface area (Å²) in [7, 11) is 0. The topological polar surface area (TPSA) is 38.3 Å². The molecule has 3 nitrogen and oxygen atoms in total. The number of thiol groups is 1. The van der Waals surface area contributed by atoms with Crippen LogP contribution in [0.5, 0.6) is 5.75 Å². The molecule has 1 amide bonds. The fourth-order valence-electron chi connectivity index (χ4n) is 1.72. The summed E-state index contributed by atoms with van der Waals surface area (Å²) in [6.45, 7) is 2.75. The SMILES string of the molecule is CCCOc1ccc(NC(=O)c2ccccc2S)cc1. The van der Waals surface area contributed by atoms with Crippen molar-refractivity contribution in [2.75, 3.05) is 11.9 Å². The van der Waals surface area contributed by atoms with Crippen molar-refractivity contribution in [3.8, 4) is 5.75 Å². The average Bonchev–Trinajstić information content (AvgIpc) is 2.47. The Bertz CT molecular complexity index is 581. The van der Waals surface area contributed by atoms with E-state index < -0.39 is 0 Å². The molecule has 0 heterocycles. The highest BCUT2D eigenvalue weighted by Crippen LogP contribution is 2.18. The minimum absolute atomic E-state index is 0.169. The van der Waals surface area contributed by atoms with Gasteiger partial charge in [0.2, 0.25) is 0 Å². The first-order valence-corrected chi connectivity index (χ1v) is 6.97. The Morgan fingerprint density at radius 2 is 1.85 bits per heavy atom. The molecule has 1 N–H and O–H groups in total. The van der Waals surface area contributed by atoms with E-state index in [1.165, 1.54) is 0 Å². The van der Waals surface area contributed by atoms with Crippen molar-refractivity contribution in [1.82, 2.24) is 0 Å². The minimum Gasteiger partial charge on any atom is -0.494 e. The predicted octanol–water partition coefficient (Wildman–Crippen LogP) is 4.02. The van der Waals surface area contributed by atoms with Crippen molar-refractivity contribution in [2.45, 2.75) is 18.2 Å². The summed E-state index contributed by atoms with van der Waals surface area (Å²) in [4.78, 5) is 12.8. The van der Waals surface area contributed by atoms with Gasteiger partial charge in [-0.3, -0.25) is 4.79 Å². The van der Waals surface area contributed by atoms with E-state index >= 15 is 0 Å². The summed E-state index contributed by atoms with van der Waals surface area (Å²) in [6.07, 6.45) is 0.969. The van der Waals surface area contributed by atoms with Gasteiger partial charge in [0, 0.05) is 10.6 Å². The van der Waals surface area contributed by atoms with Crippen molar-refractivity contribution in [3.05, 3.63) is 54.1 Å². The Labute approximate surface area is 124 Å². The van der Waals surface area contributed by atoms with Crippen molar-refractivity contribution in [1.29, 1.82) is 0 Å². The molecule has 0 aliphatic rings. The summed E-state index contributed by atoms with van der Waals surface area (Å²) >= 11 is 4.28. The van der Waals surface area contributed by atoms with Gasteiger partial charge in [-0.2, -0.15) is 0 Å². The molecule has 0 unspecified atom stereocenters. The smallest absolute Gasteiger partial charge is 0.256 e. The number of ether oxygens (including phenoxy) is 1.